The van der Waals surface area contributed by atoms with Crippen molar-refractivity contribution in [2.75, 3.05) is 18.0 Å². The molecule has 3 rings (SSSR count). The third-order valence-electron chi connectivity index (χ3n) is 3.83. The van der Waals surface area contributed by atoms with Crippen LogP contribution in [0.4, 0.5) is 5.69 Å². The van der Waals surface area contributed by atoms with Gasteiger partial charge in [-0.15, -0.1) is 0 Å². The second-order valence-electron chi connectivity index (χ2n) is 5.37. The van der Waals surface area contributed by atoms with Gasteiger partial charge in [0.1, 0.15) is 0 Å². The van der Waals surface area contributed by atoms with Gasteiger partial charge in [0, 0.05) is 42.0 Å². The van der Waals surface area contributed by atoms with Crippen molar-refractivity contribution in [2.24, 2.45) is 5.92 Å². The molecule has 0 spiro atoms. The Morgan fingerprint density at radius 3 is 2.68 bits per heavy atom. The third kappa shape index (κ3) is 3.74. The Balaban J connectivity index is 1.62. The van der Waals surface area contributed by atoms with Crippen molar-refractivity contribution < 1.29 is 0 Å². The van der Waals surface area contributed by atoms with E-state index in [2.05, 4.69) is 21.7 Å². The second-order valence-corrected chi connectivity index (χ2v) is 6.21. The summed E-state index contributed by atoms with van der Waals surface area (Å²) < 4.78 is 0. The van der Waals surface area contributed by atoms with E-state index in [4.69, 9.17) is 23.2 Å². The van der Waals surface area contributed by atoms with E-state index < -0.39 is 0 Å². The summed E-state index contributed by atoms with van der Waals surface area (Å²) in [6.45, 7) is 1.94. The molecule has 2 nitrogen and oxygen atoms in total. The predicted octanol–water partition coefficient (Wildman–Crippen LogP) is 4.66. The van der Waals surface area contributed by atoms with Gasteiger partial charge in [-0.3, -0.25) is 4.98 Å². The minimum atomic E-state index is 0.427. The molecule has 112 valence electrons. The van der Waals surface area contributed by atoms with Gasteiger partial charge in [-0.05, 0) is 37.1 Å². The fraction of sp³-hybridized carbons (Fsp3) is 0.278. The first-order valence-corrected chi connectivity index (χ1v) is 8.09. The molecule has 1 aromatic carbocycles. The van der Waals surface area contributed by atoms with Gasteiger partial charge in [0.05, 0.1) is 10.7 Å². The molecule has 0 unspecified atom stereocenters. The Morgan fingerprint density at radius 1 is 1.14 bits per heavy atom. The van der Waals surface area contributed by atoms with Gasteiger partial charge in [-0.2, -0.15) is 0 Å². The van der Waals surface area contributed by atoms with Crippen LogP contribution in [0.1, 0.15) is 18.4 Å². The van der Waals surface area contributed by atoms with E-state index in [9.17, 15) is 0 Å². The molecular weight excluding hydrogens is 315 g/mol. The molecule has 2 aromatic rings. The van der Waals surface area contributed by atoms with Crippen LogP contribution < -0.4 is 4.90 Å². The van der Waals surface area contributed by atoms with Gasteiger partial charge in [0.2, 0.25) is 0 Å². The summed E-state index contributed by atoms with van der Waals surface area (Å²) in [6.07, 6.45) is 5.58. The van der Waals surface area contributed by atoms with Crippen molar-refractivity contribution in [3.8, 4) is 11.8 Å². The Morgan fingerprint density at radius 2 is 1.95 bits per heavy atom. The normalized spacial score (nSPS) is 15.3. The largest absolute Gasteiger partial charge is 0.370 e. The maximum atomic E-state index is 6.21. The van der Waals surface area contributed by atoms with Gasteiger partial charge in [0.25, 0.3) is 0 Å². The van der Waals surface area contributed by atoms with E-state index in [1.807, 2.05) is 30.3 Å². The van der Waals surface area contributed by atoms with Gasteiger partial charge in [0.15, 0.2) is 0 Å². The van der Waals surface area contributed by atoms with Crippen LogP contribution in [0, 0.1) is 17.8 Å². The summed E-state index contributed by atoms with van der Waals surface area (Å²) in [5.74, 6) is 7.03. The average molecular weight is 331 g/mol. The van der Waals surface area contributed by atoms with Crippen molar-refractivity contribution in [3.63, 3.8) is 0 Å². The lowest BCUT2D eigenvalue weighted by atomic mass is 9.96. The lowest BCUT2D eigenvalue weighted by Gasteiger charge is -2.32. The van der Waals surface area contributed by atoms with Crippen molar-refractivity contribution in [1.29, 1.82) is 0 Å². The number of piperidine rings is 1. The van der Waals surface area contributed by atoms with Gasteiger partial charge < -0.3 is 4.90 Å². The zero-order valence-electron chi connectivity index (χ0n) is 12.1. The zero-order chi connectivity index (χ0) is 15.4. The van der Waals surface area contributed by atoms with Crippen LogP contribution in [0.15, 0.2) is 42.7 Å². The summed E-state index contributed by atoms with van der Waals surface area (Å²) in [6, 6.07) is 9.66. The summed E-state index contributed by atoms with van der Waals surface area (Å²) in [5.41, 5.74) is 2.05. The first kappa shape index (κ1) is 15.2. The topological polar surface area (TPSA) is 16.1 Å². The fourth-order valence-corrected chi connectivity index (χ4v) is 3.07. The number of hydrogen-bond acceptors (Lipinski definition) is 2. The molecule has 0 aliphatic carbocycles. The quantitative estimate of drug-likeness (QED) is 0.707. The molecule has 0 amide bonds. The summed E-state index contributed by atoms with van der Waals surface area (Å²) >= 11 is 12.2. The van der Waals surface area contributed by atoms with Crippen LogP contribution in [-0.2, 0) is 0 Å². The molecule has 1 fully saturated rings. The van der Waals surface area contributed by atoms with Crippen LogP contribution in [0.2, 0.25) is 10.0 Å². The molecule has 0 saturated carbocycles. The van der Waals surface area contributed by atoms with E-state index >= 15 is 0 Å². The molecule has 1 aromatic heterocycles. The number of aromatic nitrogens is 1. The number of halogens is 2. The van der Waals surface area contributed by atoms with Gasteiger partial charge in [-0.1, -0.05) is 41.1 Å². The van der Waals surface area contributed by atoms with Crippen molar-refractivity contribution in [1.82, 2.24) is 4.98 Å². The highest BCUT2D eigenvalue weighted by atomic mass is 35.5. The van der Waals surface area contributed by atoms with E-state index in [1.165, 1.54) is 0 Å². The van der Waals surface area contributed by atoms with Gasteiger partial charge >= 0.3 is 0 Å². The first-order valence-electron chi connectivity index (χ1n) is 7.34. The van der Waals surface area contributed by atoms with Gasteiger partial charge in [-0.25, -0.2) is 0 Å². The van der Waals surface area contributed by atoms with E-state index in [0.717, 1.165) is 42.2 Å². The number of pyridine rings is 1. The highest BCUT2D eigenvalue weighted by molar-refractivity contribution is 6.33. The molecule has 0 bridgehead atoms. The Bertz CT molecular complexity index is 710. The van der Waals surface area contributed by atoms with Crippen LogP contribution in [0.25, 0.3) is 0 Å². The maximum Gasteiger partial charge on any atom is 0.0822 e. The number of rotatable bonds is 1. The number of benzene rings is 1. The minimum absolute atomic E-state index is 0.427. The number of nitrogens with zero attached hydrogens (tertiary/aromatic N) is 2. The highest BCUT2D eigenvalue weighted by Gasteiger charge is 2.19. The van der Waals surface area contributed by atoms with Crippen molar-refractivity contribution in [2.45, 2.75) is 12.8 Å². The molecular formula is C18H16Cl2N2. The number of hydrogen-bond donors (Lipinski definition) is 0. The van der Waals surface area contributed by atoms with Crippen LogP contribution in [0.5, 0.6) is 0 Å². The SMILES string of the molecule is Clc1cccc(C#CC2CCN(c3ccncc3Cl)CC2)c1. The van der Waals surface area contributed by atoms with Crippen molar-refractivity contribution >= 4 is 28.9 Å². The monoisotopic (exact) mass is 330 g/mol. The average Bonchev–Trinajstić information content (AvgIpc) is 2.54. The van der Waals surface area contributed by atoms with Crippen LogP contribution >= 0.6 is 23.2 Å². The fourth-order valence-electron chi connectivity index (χ4n) is 2.64. The third-order valence-corrected chi connectivity index (χ3v) is 4.36. The zero-order valence-corrected chi connectivity index (χ0v) is 13.6. The lowest BCUT2D eigenvalue weighted by molar-refractivity contribution is 0.492. The Hall–Kier alpha value is -1.69. The van der Waals surface area contributed by atoms with Crippen LogP contribution in [0.3, 0.4) is 0 Å². The molecule has 0 atom stereocenters. The smallest absolute Gasteiger partial charge is 0.0822 e. The highest BCUT2D eigenvalue weighted by Crippen LogP contribution is 2.28. The van der Waals surface area contributed by atoms with E-state index in [-0.39, 0.29) is 0 Å². The predicted molar refractivity (Wildman–Crippen MR) is 92.5 cm³/mol. The van der Waals surface area contributed by atoms with Crippen LogP contribution in [-0.4, -0.2) is 18.1 Å². The summed E-state index contributed by atoms with van der Waals surface area (Å²) in [5, 5.41) is 1.44. The standard InChI is InChI=1S/C18H16Cl2N2/c19-16-3-1-2-15(12-16)5-4-14-7-10-22(11-8-14)18-6-9-21-13-17(18)20/h1-3,6,9,12-14H,7-8,10-11H2. The maximum absolute atomic E-state index is 6.21. The van der Waals surface area contributed by atoms with E-state index in [1.54, 1.807) is 12.4 Å². The molecule has 1 aliphatic heterocycles. The molecule has 4 heteroatoms. The molecule has 1 aliphatic rings. The number of anilines is 1. The minimum Gasteiger partial charge on any atom is -0.370 e. The summed E-state index contributed by atoms with van der Waals surface area (Å²) in [4.78, 5) is 6.34. The lowest BCUT2D eigenvalue weighted by Crippen LogP contribution is -2.33. The molecule has 0 N–H and O–H groups in total. The second kappa shape index (κ2) is 7.05. The molecule has 1 saturated heterocycles. The van der Waals surface area contributed by atoms with Crippen molar-refractivity contribution in [3.05, 3.63) is 58.3 Å². The Labute approximate surface area is 141 Å². The molecule has 22 heavy (non-hydrogen) atoms. The molecule has 2 heterocycles. The Kier molecular flexibility index (Phi) is 4.87. The van der Waals surface area contributed by atoms with E-state index in [0.29, 0.717) is 10.9 Å². The summed E-state index contributed by atoms with van der Waals surface area (Å²) in [7, 11) is 0. The molecule has 0 radical (unpaired) electrons. The first-order chi connectivity index (χ1) is 10.7.